The maximum atomic E-state index is 10.4. The third kappa shape index (κ3) is 435. The molecule has 0 rings (SSSR count). The van der Waals surface area contributed by atoms with Gasteiger partial charge in [0.25, 0.3) is 0 Å². The van der Waals surface area contributed by atoms with Crippen molar-refractivity contribution >= 4 is 21.7 Å². The molecule has 0 aromatic rings. The van der Waals surface area contributed by atoms with E-state index >= 15 is 0 Å². The molecule has 7 heteroatoms. The Morgan fingerprint density at radius 2 is 0.857 bits per heavy atom. The van der Waals surface area contributed by atoms with Crippen molar-refractivity contribution in [2.24, 2.45) is 0 Å². The first-order valence-electron chi connectivity index (χ1n) is 1.01. The SMILES string of the molecule is F[P-](F)(F)(F)(F)Br. The molecule has 0 fully saturated rings. The fourth-order valence-corrected chi connectivity index (χ4v) is 0. The summed E-state index contributed by atoms with van der Waals surface area (Å²) in [6.45, 7) is 0. The monoisotopic (exact) mass is 205 g/mol. The van der Waals surface area contributed by atoms with E-state index in [-0.39, 0.29) is 0 Å². The van der Waals surface area contributed by atoms with Crippen molar-refractivity contribution in [1.29, 1.82) is 0 Å². The minimum absolute atomic E-state index is 0.387. The first-order valence-corrected chi connectivity index (χ1v) is 5.17. The van der Waals surface area contributed by atoms with Gasteiger partial charge in [-0.2, -0.15) is 0 Å². The molecule has 0 aliphatic heterocycles. The Morgan fingerprint density at radius 1 is 0.857 bits per heavy atom. The van der Waals surface area contributed by atoms with Crippen LogP contribution >= 0.6 is 21.7 Å². The fraction of sp³-hybridized carbons (Fsp3) is 0. The molecular weight excluding hydrogens is 206 g/mol. The molecule has 0 aromatic heterocycles. The van der Waals surface area contributed by atoms with Crippen LogP contribution in [0.1, 0.15) is 0 Å². The summed E-state index contributed by atoms with van der Waals surface area (Å²) in [5.41, 5.74) is 0. The molecule has 0 N–H and O–H groups in total. The van der Waals surface area contributed by atoms with Gasteiger partial charge in [-0.1, -0.05) is 0 Å². The second kappa shape index (κ2) is 0.838. The van der Waals surface area contributed by atoms with Gasteiger partial charge < -0.3 is 0 Å². The third-order valence-corrected chi connectivity index (χ3v) is 0. The Morgan fingerprint density at radius 3 is 0.857 bits per heavy atom. The standard InChI is InChI=1S/BrF5P/c1-7(2,3,4,5)6/q-1. The molecule has 0 nitrogen and oxygen atoms in total. The predicted octanol–water partition coefficient (Wildman–Crippen LogP) is 3.81. The van der Waals surface area contributed by atoms with Crippen LogP contribution in [0.2, 0.25) is 0 Å². The van der Waals surface area contributed by atoms with E-state index in [0.29, 0.717) is 15.5 Å². The van der Waals surface area contributed by atoms with Gasteiger partial charge in [0.05, 0.1) is 0 Å². The average Bonchev–Trinajstić information content (AvgIpc) is 0.592. The van der Waals surface area contributed by atoms with Crippen LogP contribution in [0.15, 0.2) is 0 Å². The van der Waals surface area contributed by atoms with E-state index < -0.39 is 6.20 Å². The molecule has 0 aliphatic rings. The van der Waals surface area contributed by atoms with Crippen LogP contribution in [0.4, 0.5) is 21.0 Å². The van der Waals surface area contributed by atoms with E-state index in [1.807, 2.05) is 0 Å². The predicted molar refractivity (Wildman–Crippen MR) is 21.4 cm³/mol. The fourth-order valence-electron chi connectivity index (χ4n) is 0. The van der Waals surface area contributed by atoms with Crippen LogP contribution in [0.3, 0.4) is 0 Å². The minimum atomic E-state index is -9.34. The van der Waals surface area contributed by atoms with Crippen molar-refractivity contribution in [3.05, 3.63) is 0 Å². The Bertz CT molecular complexity index is 66.6. The van der Waals surface area contributed by atoms with Crippen LogP contribution in [0.25, 0.3) is 0 Å². The van der Waals surface area contributed by atoms with Crippen LogP contribution < -0.4 is 0 Å². The van der Waals surface area contributed by atoms with Gasteiger partial charge in [0.2, 0.25) is 0 Å². The van der Waals surface area contributed by atoms with Gasteiger partial charge in [-0.15, -0.1) is 0 Å². The molecule has 7 heavy (non-hydrogen) atoms. The molecule has 0 aromatic carbocycles. The van der Waals surface area contributed by atoms with E-state index in [2.05, 4.69) is 0 Å². The third-order valence-electron chi connectivity index (χ3n) is 0. The van der Waals surface area contributed by atoms with E-state index in [4.69, 9.17) is 0 Å². The summed E-state index contributed by atoms with van der Waals surface area (Å²) in [5, 5.41) is 0. The molecule has 0 heterocycles. The first-order chi connectivity index (χ1) is 2.45. The molecule has 0 aliphatic carbocycles. The van der Waals surface area contributed by atoms with Crippen LogP contribution in [-0.2, 0) is 0 Å². The van der Waals surface area contributed by atoms with Gasteiger partial charge in [0, 0.05) is 0 Å². The van der Waals surface area contributed by atoms with Crippen molar-refractivity contribution in [2.75, 3.05) is 0 Å². The van der Waals surface area contributed by atoms with Crippen LogP contribution in [0, 0.1) is 0 Å². The van der Waals surface area contributed by atoms with E-state index in [1.165, 1.54) is 0 Å². The van der Waals surface area contributed by atoms with Crippen molar-refractivity contribution < 1.29 is 21.0 Å². The summed E-state index contributed by atoms with van der Waals surface area (Å²) in [7, 11) is 0. The van der Waals surface area contributed by atoms with Gasteiger partial charge in [-0.3, -0.25) is 0 Å². The van der Waals surface area contributed by atoms with Gasteiger partial charge in [-0.05, 0) is 0 Å². The molecule has 0 saturated carbocycles. The summed E-state index contributed by atoms with van der Waals surface area (Å²) in [6, 6.07) is 0. The summed E-state index contributed by atoms with van der Waals surface area (Å²) in [6.07, 6.45) is -9.34. The zero-order valence-corrected chi connectivity index (χ0v) is 5.20. The topological polar surface area (TPSA) is 0 Å². The van der Waals surface area contributed by atoms with Gasteiger partial charge in [-0.25, -0.2) is 0 Å². The molecule has 0 saturated heterocycles. The average molecular weight is 206 g/mol. The summed E-state index contributed by atoms with van der Waals surface area (Å²) in [5.74, 6) is 0. The van der Waals surface area contributed by atoms with Crippen molar-refractivity contribution in [1.82, 2.24) is 0 Å². The quantitative estimate of drug-likeness (QED) is 0.417. The normalized spacial score (nSPS) is 23.1. The second-order valence-corrected chi connectivity index (χ2v) is 6.90. The van der Waals surface area contributed by atoms with Crippen LogP contribution in [0.5, 0.6) is 0 Å². The van der Waals surface area contributed by atoms with E-state index in [9.17, 15) is 21.0 Å². The summed E-state index contributed by atoms with van der Waals surface area (Å²) in [4.78, 5) is 0. The molecule has 48 valence electrons. The van der Waals surface area contributed by atoms with Gasteiger partial charge in [0.15, 0.2) is 0 Å². The van der Waals surface area contributed by atoms with Gasteiger partial charge in [0.1, 0.15) is 0 Å². The first kappa shape index (κ1) is 7.56. The van der Waals surface area contributed by atoms with Crippen LogP contribution in [-0.4, -0.2) is 0 Å². The van der Waals surface area contributed by atoms with Crippen molar-refractivity contribution in [2.45, 2.75) is 0 Å². The number of hydrogen-bond acceptors (Lipinski definition) is 0. The molecular formula is BrF5P-. The van der Waals surface area contributed by atoms with E-state index in [0.717, 1.165) is 0 Å². The maximum absolute atomic E-state index is 10.4. The summed E-state index contributed by atoms with van der Waals surface area (Å²) < 4.78 is 52.2. The van der Waals surface area contributed by atoms with Gasteiger partial charge >= 0.3 is 42.7 Å². The van der Waals surface area contributed by atoms with Crippen molar-refractivity contribution in [3.63, 3.8) is 0 Å². The van der Waals surface area contributed by atoms with E-state index in [1.54, 1.807) is 0 Å². The molecule has 0 bridgehead atoms. The Labute approximate surface area is 43.5 Å². The molecule has 0 radical (unpaired) electrons. The number of halogens is 6. The van der Waals surface area contributed by atoms with Crippen molar-refractivity contribution in [3.8, 4) is 0 Å². The second-order valence-electron chi connectivity index (χ2n) is 0.958. The summed E-state index contributed by atoms with van der Waals surface area (Å²) >= 11 is 0.387. The Kier molecular flexibility index (Phi) is 0.905. The Hall–Kier alpha value is 0.560. The molecule has 0 atom stereocenters. The zero-order valence-electron chi connectivity index (χ0n) is 2.72. The Balaban J connectivity index is 4.43. The molecule has 0 unspecified atom stereocenters. The number of hydrogen-bond donors (Lipinski definition) is 0. The molecule has 0 amide bonds. The number of rotatable bonds is 0. The molecule has 0 spiro atoms. The zero-order chi connectivity index (χ0) is 6.41.